The number of hydrogen-bond donors (Lipinski definition) is 1. The number of nitrogens with two attached hydrogens (primary N) is 1. The van der Waals surface area contributed by atoms with Crippen molar-refractivity contribution in [3.8, 4) is 16.9 Å². The molecule has 0 atom stereocenters. The summed E-state index contributed by atoms with van der Waals surface area (Å²) in [6, 6.07) is 14.6. The van der Waals surface area contributed by atoms with E-state index in [9.17, 15) is 0 Å². The Balaban J connectivity index is 2.26. The van der Waals surface area contributed by atoms with Crippen LogP contribution < -0.4 is 5.73 Å². The molecule has 0 bridgehead atoms. The summed E-state index contributed by atoms with van der Waals surface area (Å²) in [7, 11) is 0. The van der Waals surface area contributed by atoms with Crippen molar-refractivity contribution < 1.29 is 0 Å². The van der Waals surface area contributed by atoms with Crippen LogP contribution in [-0.4, -0.2) is 15.0 Å². The highest BCUT2D eigenvalue weighted by Gasteiger charge is 2.17. The smallest absolute Gasteiger partial charge is 0.105 e. The molecule has 0 saturated carbocycles. The minimum absolute atomic E-state index is 0.370. The van der Waals surface area contributed by atoms with Gasteiger partial charge in [0, 0.05) is 12.1 Å². The molecule has 1 aromatic heterocycles. The first-order chi connectivity index (χ1) is 10.6. The molecule has 4 nitrogen and oxygen atoms in total. The SMILES string of the molecule is Cc1cc(C)cc(-n2nnc(CN)c2-c2ccccc2C)c1. The molecule has 0 amide bonds. The molecule has 2 N–H and O–H groups in total. The van der Waals surface area contributed by atoms with E-state index in [1.54, 1.807) is 0 Å². The van der Waals surface area contributed by atoms with E-state index in [4.69, 9.17) is 5.73 Å². The summed E-state index contributed by atoms with van der Waals surface area (Å²) in [4.78, 5) is 0. The van der Waals surface area contributed by atoms with Crippen LogP contribution in [0.25, 0.3) is 16.9 Å². The van der Waals surface area contributed by atoms with Crippen LogP contribution in [0.4, 0.5) is 0 Å². The maximum Gasteiger partial charge on any atom is 0.105 e. The molecule has 1 heterocycles. The van der Waals surface area contributed by atoms with Crippen LogP contribution >= 0.6 is 0 Å². The van der Waals surface area contributed by atoms with Gasteiger partial charge >= 0.3 is 0 Å². The van der Waals surface area contributed by atoms with Crippen molar-refractivity contribution in [3.63, 3.8) is 0 Å². The first kappa shape index (κ1) is 14.5. The van der Waals surface area contributed by atoms with Gasteiger partial charge in [0.2, 0.25) is 0 Å². The Labute approximate surface area is 130 Å². The molecule has 0 aliphatic heterocycles. The maximum absolute atomic E-state index is 5.87. The van der Waals surface area contributed by atoms with Crippen LogP contribution in [0.1, 0.15) is 22.4 Å². The Bertz CT molecular complexity index is 797. The first-order valence-corrected chi connectivity index (χ1v) is 7.39. The number of aryl methyl sites for hydroxylation is 3. The van der Waals surface area contributed by atoms with Crippen molar-refractivity contribution >= 4 is 0 Å². The lowest BCUT2D eigenvalue weighted by molar-refractivity contribution is 0.798. The number of aromatic nitrogens is 3. The van der Waals surface area contributed by atoms with Crippen LogP contribution in [0, 0.1) is 20.8 Å². The van der Waals surface area contributed by atoms with E-state index in [2.05, 4.69) is 61.4 Å². The Kier molecular flexibility index (Phi) is 3.77. The molecule has 22 heavy (non-hydrogen) atoms. The van der Waals surface area contributed by atoms with Gasteiger partial charge in [-0.25, -0.2) is 4.68 Å². The molecular weight excluding hydrogens is 272 g/mol. The molecule has 3 rings (SSSR count). The molecule has 0 aliphatic carbocycles. The highest BCUT2D eigenvalue weighted by atomic mass is 15.4. The van der Waals surface area contributed by atoms with Crippen molar-refractivity contribution in [1.29, 1.82) is 0 Å². The third kappa shape index (κ3) is 2.53. The number of benzene rings is 2. The summed E-state index contributed by atoms with van der Waals surface area (Å²) in [6.45, 7) is 6.64. The second-order valence-corrected chi connectivity index (χ2v) is 5.66. The molecule has 2 aromatic carbocycles. The summed E-state index contributed by atoms with van der Waals surface area (Å²) in [5, 5.41) is 8.62. The van der Waals surface area contributed by atoms with Crippen LogP contribution in [-0.2, 0) is 6.54 Å². The predicted molar refractivity (Wildman–Crippen MR) is 88.9 cm³/mol. The van der Waals surface area contributed by atoms with Gasteiger partial charge in [-0.1, -0.05) is 35.5 Å². The lowest BCUT2D eigenvalue weighted by Crippen LogP contribution is -2.04. The summed E-state index contributed by atoms with van der Waals surface area (Å²) in [6.07, 6.45) is 0. The van der Waals surface area contributed by atoms with Crippen molar-refractivity contribution in [1.82, 2.24) is 15.0 Å². The largest absolute Gasteiger partial charge is 0.325 e. The molecule has 4 heteroatoms. The topological polar surface area (TPSA) is 56.7 Å². The molecular formula is C18H20N4. The highest BCUT2D eigenvalue weighted by molar-refractivity contribution is 5.68. The summed E-state index contributed by atoms with van der Waals surface area (Å²) in [5.41, 5.74) is 13.4. The molecule has 0 aliphatic rings. The van der Waals surface area contributed by atoms with Gasteiger partial charge in [0.05, 0.1) is 11.4 Å². The fourth-order valence-corrected chi connectivity index (χ4v) is 2.81. The van der Waals surface area contributed by atoms with Crippen molar-refractivity contribution in [2.75, 3.05) is 0 Å². The van der Waals surface area contributed by atoms with Crippen LogP contribution in [0.2, 0.25) is 0 Å². The van der Waals surface area contributed by atoms with E-state index in [-0.39, 0.29) is 0 Å². The average Bonchev–Trinajstić information content (AvgIpc) is 2.90. The Morgan fingerprint density at radius 2 is 1.68 bits per heavy atom. The van der Waals surface area contributed by atoms with E-state index in [0.717, 1.165) is 22.6 Å². The van der Waals surface area contributed by atoms with Crippen molar-refractivity contribution in [2.45, 2.75) is 27.3 Å². The van der Waals surface area contributed by atoms with E-state index < -0.39 is 0 Å². The third-order valence-electron chi connectivity index (χ3n) is 3.78. The molecule has 112 valence electrons. The van der Waals surface area contributed by atoms with Gasteiger partial charge in [-0.3, -0.25) is 0 Å². The second kappa shape index (κ2) is 5.73. The monoisotopic (exact) mass is 292 g/mol. The van der Waals surface area contributed by atoms with Gasteiger partial charge in [-0.15, -0.1) is 5.10 Å². The van der Waals surface area contributed by atoms with Gasteiger partial charge in [-0.2, -0.15) is 0 Å². The van der Waals surface area contributed by atoms with E-state index in [0.29, 0.717) is 6.54 Å². The Morgan fingerprint density at radius 1 is 1.00 bits per heavy atom. The van der Waals surface area contributed by atoms with Gasteiger partial charge in [-0.05, 0) is 49.6 Å². The van der Waals surface area contributed by atoms with Gasteiger partial charge in [0.1, 0.15) is 5.69 Å². The zero-order chi connectivity index (χ0) is 15.7. The second-order valence-electron chi connectivity index (χ2n) is 5.66. The number of hydrogen-bond acceptors (Lipinski definition) is 3. The summed E-state index contributed by atoms with van der Waals surface area (Å²) < 4.78 is 1.89. The van der Waals surface area contributed by atoms with Gasteiger partial charge < -0.3 is 5.73 Å². The quantitative estimate of drug-likeness (QED) is 0.805. The molecule has 0 fully saturated rings. The fourth-order valence-electron chi connectivity index (χ4n) is 2.81. The molecule has 0 radical (unpaired) electrons. The minimum Gasteiger partial charge on any atom is -0.325 e. The van der Waals surface area contributed by atoms with Crippen LogP contribution in [0.3, 0.4) is 0 Å². The molecule has 0 spiro atoms. The molecule has 0 saturated heterocycles. The number of rotatable bonds is 3. The lowest BCUT2D eigenvalue weighted by Gasteiger charge is -2.11. The zero-order valence-corrected chi connectivity index (χ0v) is 13.2. The minimum atomic E-state index is 0.370. The maximum atomic E-state index is 5.87. The normalized spacial score (nSPS) is 10.9. The Hall–Kier alpha value is -2.46. The highest BCUT2D eigenvalue weighted by Crippen LogP contribution is 2.28. The molecule has 0 unspecified atom stereocenters. The van der Waals surface area contributed by atoms with Crippen molar-refractivity contribution in [2.24, 2.45) is 5.73 Å². The van der Waals surface area contributed by atoms with E-state index in [1.165, 1.54) is 16.7 Å². The standard InChI is InChI=1S/C18H20N4/c1-12-8-13(2)10-15(9-12)22-18(17(11-19)20-21-22)16-7-5-4-6-14(16)3/h4-10H,11,19H2,1-3H3. The van der Waals surface area contributed by atoms with Crippen LogP contribution in [0.15, 0.2) is 42.5 Å². The summed E-state index contributed by atoms with van der Waals surface area (Å²) in [5.74, 6) is 0. The predicted octanol–water partition coefficient (Wildman–Crippen LogP) is 3.32. The van der Waals surface area contributed by atoms with Gasteiger partial charge in [0.15, 0.2) is 0 Å². The van der Waals surface area contributed by atoms with E-state index in [1.807, 2.05) is 16.8 Å². The van der Waals surface area contributed by atoms with Crippen LogP contribution in [0.5, 0.6) is 0 Å². The Morgan fingerprint density at radius 3 is 2.32 bits per heavy atom. The van der Waals surface area contributed by atoms with Gasteiger partial charge in [0.25, 0.3) is 0 Å². The first-order valence-electron chi connectivity index (χ1n) is 7.39. The van der Waals surface area contributed by atoms with E-state index >= 15 is 0 Å². The fraction of sp³-hybridized carbons (Fsp3) is 0.222. The number of nitrogens with zero attached hydrogens (tertiary/aromatic N) is 3. The average molecular weight is 292 g/mol. The lowest BCUT2D eigenvalue weighted by atomic mass is 10.0. The third-order valence-corrected chi connectivity index (χ3v) is 3.78. The molecule has 3 aromatic rings. The summed E-state index contributed by atoms with van der Waals surface area (Å²) >= 11 is 0. The van der Waals surface area contributed by atoms with Crippen molar-refractivity contribution in [3.05, 3.63) is 64.8 Å². The zero-order valence-electron chi connectivity index (χ0n) is 13.2.